The van der Waals surface area contributed by atoms with E-state index in [0.717, 1.165) is 18.4 Å². The molecule has 17 heavy (non-hydrogen) atoms. The van der Waals surface area contributed by atoms with Crippen LogP contribution in [-0.2, 0) is 11.3 Å². The third-order valence-electron chi connectivity index (χ3n) is 3.33. The second kappa shape index (κ2) is 5.49. The normalized spacial score (nSPS) is 19.1. The van der Waals surface area contributed by atoms with Crippen LogP contribution in [0.5, 0.6) is 5.75 Å². The standard InChI is InChI=1S/C13H19NO3/c15-10-13(4-6-17-7-5-13)14-9-11-2-1-3-12(16)8-11/h1-3,8,14-16H,4-7,9-10H2. The first-order valence-electron chi connectivity index (χ1n) is 5.96. The number of ether oxygens (including phenoxy) is 1. The van der Waals surface area contributed by atoms with Gasteiger partial charge in [0.2, 0.25) is 0 Å². The molecule has 0 saturated carbocycles. The van der Waals surface area contributed by atoms with Crippen LogP contribution in [0.1, 0.15) is 18.4 Å². The topological polar surface area (TPSA) is 61.7 Å². The van der Waals surface area contributed by atoms with Crippen LogP contribution in [0.25, 0.3) is 0 Å². The Morgan fingerprint density at radius 1 is 1.29 bits per heavy atom. The third kappa shape index (κ3) is 3.19. The molecular formula is C13H19NO3. The van der Waals surface area contributed by atoms with E-state index in [1.165, 1.54) is 0 Å². The summed E-state index contributed by atoms with van der Waals surface area (Å²) in [6.45, 7) is 2.14. The van der Waals surface area contributed by atoms with E-state index >= 15 is 0 Å². The van der Waals surface area contributed by atoms with Crippen molar-refractivity contribution in [3.05, 3.63) is 29.8 Å². The SMILES string of the molecule is OCC1(NCc2cccc(O)c2)CCOCC1. The number of phenols is 1. The Morgan fingerprint density at radius 2 is 2.06 bits per heavy atom. The average molecular weight is 237 g/mol. The molecular weight excluding hydrogens is 218 g/mol. The molecule has 0 bridgehead atoms. The lowest BCUT2D eigenvalue weighted by Crippen LogP contribution is -2.51. The van der Waals surface area contributed by atoms with Crippen LogP contribution in [0, 0.1) is 0 Å². The highest BCUT2D eigenvalue weighted by Crippen LogP contribution is 2.21. The zero-order valence-electron chi connectivity index (χ0n) is 9.85. The van der Waals surface area contributed by atoms with Gasteiger partial charge in [-0.1, -0.05) is 12.1 Å². The summed E-state index contributed by atoms with van der Waals surface area (Å²) in [5.41, 5.74) is 0.785. The van der Waals surface area contributed by atoms with Crippen LogP contribution >= 0.6 is 0 Å². The van der Waals surface area contributed by atoms with E-state index in [-0.39, 0.29) is 17.9 Å². The number of aliphatic hydroxyl groups is 1. The van der Waals surface area contributed by atoms with Crippen molar-refractivity contribution in [1.82, 2.24) is 5.32 Å². The minimum absolute atomic E-state index is 0.120. The molecule has 0 radical (unpaired) electrons. The average Bonchev–Trinajstić information content (AvgIpc) is 2.38. The lowest BCUT2D eigenvalue weighted by Gasteiger charge is -2.36. The molecule has 0 amide bonds. The molecule has 1 fully saturated rings. The summed E-state index contributed by atoms with van der Waals surface area (Å²) in [4.78, 5) is 0. The number of benzene rings is 1. The fourth-order valence-electron chi connectivity index (χ4n) is 2.11. The summed E-state index contributed by atoms with van der Waals surface area (Å²) in [5, 5.41) is 22.3. The minimum atomic E-state index is -0.232. The predicted octanol–water partition coefficient (Wildman–Crippen LogP) is 1.02. The van der Waals surface area contributed by atoms with Gasteiger partial charge in [0.15, 0.2) is 0 Å². The second-order valence-corrected chi connectivity index (χ2v) is 4.57. The number of aromatic hydroxyl groups is 1. The first kappa shape index (κ1) is 12.4. The first-order chi connectivity index (χ1) is 8.24. The molecule has 1 saturated heterocycles. The molecule has 0 aliphatic carbocycles. The fraction of sp³-hybridized carbons (Fsp3) is 0.538. The summed E-state index contributed by atoms with van der Waals surface area (Å²) < 4.78 is 5.31. The van der Waals surface area contributed by atoms with Gasteiger partial charge >= 0.3 is 0 Å². The number of hydrogen-bond donors (Lipinski definition) is 3. The molecule has 0 spiro atoms. The molecule has 1 aliphatic rings. The van der Waals surface area contributed by atoms with Gasteiger partial charge in [0.1, 0.15) is 5.75 Å². The fourth-order valence-corrected chi connectivity index (χ4v) is 2.11. The number of rotatable bonds is 4. The van der Waals surface area contributed by atoms with Crippen molar-refractivity contribution in [2.75, 3.05) is 19.8 Å². The summed E-state index contributed by atoms with van der Waals surface area (Å²) >= 11 is 0. The molecule has 1 heterocycles. The van der Waals surface area contributed by atoms with E-state index in [4.69, 9.17) is 4.74 Å². The van der Waals surface area contributed by atoms with Crippen molar-refractivity contribution in [1.29, 1.82) is 0 Å². The number of aliphatic hydroxyl groups excluding tert-OH is 1. The molecule has 4 heteroatoms. The monoisotopic (exact) mass is 237 g/mol. The van der Waals surface area contributed by atoms with Crippen LogP contribution < -0.4 is 5.32 Å². The second-order valence-electron chi connectivity index (χ2n) is 4.57. The molecule has 0 unspecified atom stereocenters. The maximum atomic E-state index is 9.51. The van der Waals surface area contributed by atoms with Crippen LogP contribution in [0.3, 0.4) is 0 Å². The maximum absolute atomic E-state index is 9.51. The van der Waals surface area contributed by atoms with E-state index in [1.807, 2.05) is 12.1 Å². The van der Waals surface area contributed by atoms with Gasteiger partial charge in [-0.05, 0) is 30.5 Å². The predicted molar refractivity (Wildman–Crippen MR) is 64.8 cm³/mol. The Labute approximate surface area is 101 Å². The lowest BCUT2D eigenvalue weighted by molar-refractivity contribution is 0.0111. The summed E-state index contributed by atoms with van der Waals surface area (Å²) in [7, 11) is 0. The van der Waals surface area contributed by atoms with Crippen LogP contribution in [0.4, 0.5) is 0 Å². The van der Waals surface area contributed by atoms with Crippen molar-refractivity contribution in [3.8, 4) is 5.75 Å². The molecule has 94 valence electrons. The highest BCUT2D eigenvalue weighted by atomic mass is 16.5. The van der Waals surface area contributed by atoms with E-state index in [9.17, 15) is 10.2 Å². The highest BCUT2D eigenvalue weighted by molar-refractivity contribution is 5.27. The third-order valence-corrected chi connectivity index (χ3v) is 3.33. The van der Waals surface area contributed by atoms with E-state index < -0.39 is 0 Å². The zero-order valence-corrected chi connectivity index (χ0v) is 9.85. The Kier molecular flexibility index (Phi) is 3.99. The molecule has 1 aromatic carbocycles. The molecule has 4 nitrogen and oxygen atoms in total. The van der Waals surface area contributed by atoms with Gasteiger partial charge in [-0.3, -0.25) is 0 Å². The smallest absolute Gasteiger partial charge is 0.115 e. The molecule has 1 aromatic rings. The van der Waals surface area contributed by atoms with Crippen molar-refractivity contribution >= 4 is 0 Å². The van der Waals surface area contributed by atoms with Crippen LogP contribution in [-0.4, -0.2) is 35.6 Å². The van der Waals surface area contributed by atoms with Gasteiger partial charge in [-0.15, -0.1) is 0 Å². The lowest BCUT2D eigenvalue weighted by atomic mass is 9.90. The van der Waals surface area contributed by atoms with Gasteiger partial charge in [0, 0.05) is 25.3 Å². The summed E-state index contributed by atoms with van der Waals surface area (Å²) in [5.74, 6) is 0.273. The summed E-state index contributed by atoms with van der Waals surface area (Å²) in [6.07, 6.45) is 1.64. The largest absolute Gasteiger partial charge is 0.508 e. The Hall–Kier alpha value is -1.10. The molecule has 3 N–H and O–H groups in total. The molecule has 1 aliphatic heterocycles. The van der Waals surface area contributed by atoms with Crippen LogP contribution in [0.2, 0.25) is 0 Å². The first-order valence-corrected chi connectivity index (χ1v) is 5.96. The number of phenolic OH excluding ortho intramolecular Hbond substituents is 1. The molecule has 2 rings (SSSR count). The zero-order chi connectivity index (χ0) is 12.1. The minimum Gasteiger partial charge on any atom is -0.508 e. The summed E-state index contributed by atoms with van der Waals surface area (Å²) in [6, 6.07) is 7.16. The van der Waals surface area contributed by atoms with Gasteiger partial charge in [0.05, 0.1) is 6.61 Å². The molecule has 0 aromatic heterocycles. The van der Waals surface area contributed by atoms with Crippen LogP contribution in [0.15, 0.2) is 24.3 Å². The van der Waals surface area contributed by atoms with E-state index in [1.54, 1.807) is 12.1 Å². The van der Waals surface area contributed by atoms with Gasteiger partial charge in [-0.25, -0.2) is 0 Å². The highest BCUT2D eigenvalue weighted by Gasteiger charge is 2.31. The van der Waals surface area contributed by atoms with E-state index in [0.29, 0.717) is 19.8 Å². The maximum Gasteiger partial charge on any atom is 0.115 e. The Morgan fingerprint density at radius 3 is 2.71 bits per heavy atom. The van der Waals surface area contributed by atoms with Crippen molar-refractivity contribution in [2.45, 2.75) is 24.9 Å². The van der Waals surface area contributed by atoms with Gasteiger partial charge in [0.25, 0.3) is 0 Å². The van der Waals surface area contributed by atoms with E-state index in [2.05, 4.69) is 5.32 Å². The van der Waals surface area contributed by atoms with Gasteiger partial charge in [-0.2, -0.15) is 0 Å². The van der Waals surface area contributed by atoms with Crippen molar-refractivity contribution < 1.29 is 14.9 Å². The van der Waals surface area contributed by atoms with Gasteiger partial charge < -0.3 is 20.3 Å². The van der Waals surface area contributed by atoms with Crippen molar-refractivity contribution in [3.63, 3.8) is 0 Å². The number of nitrogens with one attached hydrogen (secondary N) is 1. The van der Waals surface area contributed by atoms with Crippen molar-refractivity contribution in [2.24, 2.45) is 0 Å². The Balaban J connectivity index is 1.95. The molecule has 0 atom stereocenters. The number of hydrogen-bond acceptors (Lipinski definition) is 4. The quantitative estimate of drug-likeness (QED) is 0.732. The Bertz CT molecular complexity index is 361.